The summed E-state index contributed by atoms with van der Waals surface area (Å²) in [4.78, 5) is 23.5. The number of carbonyl (C=O) groups excluding carboxylic acids is 1. The number of ether oxygens (including phenoxy) is 1. The molecule has 0 aliphatic heterocycles. The topological polar surface area (TPSA) is 75.6 Å². The van der Waals surface area contributed by atoms with Gasteiger partial charge in [0, 0.05) is 0 Å². The number of nitrogens with one attached hydrogen (secondary N) is 1. The average Bonchev–Trinajstić information content (AvgIpc) is 2.46. The lowest BCUT2D eigenvalue weighted by molar-refractivity contribution is -0.148. The molecule has 1 rings (SSSR count). The third-order valence-corrected chi connectivity index (χ3v) is 3.83. The van der Waals surface area contributed by atoms with E-state index in [1.807, 2.05) is 19.1 Å². The third kappa shape index (κ3) is 3.97. The Morgan fingerprint density at radius 3 is 2.38 bits per heavy atom. The minimum atomic E-state index is -1.19. The lowest BCUT2D eigenvalue weighted by Gasteiger charge is -2.28. The van der Waals surface area contributed by atoms with Gasteiger partial charge in [0.2, 0.25) is 5.91 Å². The molecule has 0 saturated carbocycles. The van der Waals surface area contributed by atoms with Crippen molar-refractivity contribution in [3.8, 4) is 5.75 Å². The largest absolute Gasteiger partial charge is 0.496 e. The second-order valence-electron chi connectivity index (χ2n) is 5.12. The van der Waals surface area contributed by atoms with Crippen molar-refractivity contribution in [3.63, 3.8) is 0 Å². The van der Waals surface area contributed by atoms with Crippen molar-refractivity contribution in [2.45, 2.75) is 45.6 Å². The van der Waals surface area contributed by atoms with E-state index < -0.39 is 11.5 Å². The maximum absolute atomic E-state index is 12.1. The number of carbonyl (C=O) groups is 2. The van der Waals surface area contributed by atoms with Gasteiger partial charge in [0.15, 0.2) is 0 Å². The van der Waals surface area contributed by atoms with Crippen LogP contribution in [-0.4, -0.2) is 29.6 Å². The quantitative estimate of drug-likeness (QED) is 0.809. The summed E-state index contributed by atoms with van der Waals surface area (Å²) in [6, 6.07) is 5.53. The first kappa shape index (κ1) is 17.0. The third-order valence-electron chi connectivity index (χ3n) is 3.83. The molecule has 5 heteroatoms. The molecule has 0 radical (unpaired) electrons. The van der Waals surface area contributed by atoms with Crippen molar-refractivity contribution >= 4 is 11.9 Å². The van der Waals surface area contributed by atoms with E-state index in [1.54, 1.807) is 27.0 Å². The van der Waals surface area contributed by atoms with Crippen molar-refractivity contribution in [3.05, 3.63) is 29.3 Å². The van der Waals surface area contributed by atoms with Gasteiger partial charge in [-0.2, -0.15) is 0 Å². The molecule has 116 valence electrons. The molecule has 0 bridgehead atoms. The van der Waals surface area contributed by atoms with E-state index in [4.69, 9.17) is 4.74 Å². The number of hydrogen-bond donors (Lipinski definition) is 2. The van der Waals surface area contributed by atoms with Gasteiger partial charge in [-0.25, -0.2) is 4.79 Å². The highest BCUT2D eigenvalue weighted by Gasteiger charge is 2.36. The Bertz CT molecular complexity index is 521. The Balaban J connectivity index is 2.84. The summed E-state index contributed by atoms with van der Waals surface area (Å²) in [6.07, 6.45) is 0.829. The van der Waals surface area contributed by atoms with E-state index in [2.05, 4.69) is 5.32 Å². The van der Waals surface area contributed by atoms with Gasteiger partial charge in [0.1, 0.15) is 11.3 Å². The summed E-state index contributed by atoms with van der Waals surface area (Å²) < 4.78 is 5.22. The van der Waals surface area contributed by atoms with E-state index in [9.17, 15) is 14.7 Å². The maximum Gasteiger partial charge on any atom is 0.329 e. The Kier molecular flexibility index (Phi) is 5.76. The van der Waals surface area contributed by atoms with Crippen molar-refractivity contribution in [2.75, 3.05) is 7.11 Å². The number of aliphatic carboxylic acids is 1. The molecule has 1 aromatic carbocycles. The highest BCUT2D eigenvalue weighted by molar-refractivity contribution is 5.88. The highest BCUT2D eigenvalue weighted by atomic mass is 16.5. The van der Waals surface area contributed by atoms with Crippen LogP contribution < -0.4 is 10.1 Å². The molecular weight excluding hydrogens is 270 g/mol. The predicted octanol–water partition coefficient (Wildman–Crippen LogP) is 2.31. The molecule has 5 nitrogen and oxygen atoms in total. The summed E-state index contributed by atoms with van der Waals surface area (Å²) in [7, 11) is 1.58. The monoisotopic (exact) mass is 293 g/mol. The standard InChI is InChI=1S/C16H23NO4/c1-5-16(6-2,15(19)20)17-14(18)10-12-8-7-11(3)13(9-12)21-4/h7-9H,5-6,10H2,1-4H3,(H,17,18)(H,19,20). The normalized spacial score (nSPS) is 11.0. The van der Waals surface area contributed by atoms with Crippen molar-refractivity contribution in [1.82, 2.24) is 5.32 Å². The number of benzene rings is 1. The maximum atomic E-state index is 12.1. The summed E-state index contributed by atoms with van der Waals surface area (Å²) in [5, 5.41) is 12.0. The van der Waals surface area contributed by atoms with Crippen LogP contribution in [-0.2, 0) is 16.0 Å². The number of amides is 1. The first-order valence-electron chi connectivity index (χ1n) is 7.06. The Morgan fingerprint density at radius 2 is 1.90 bits per heavy atom. The summed E-state index contributed by atoms with van der Waals surface area (Å²) in [5.41, 5.74) is 0.594. The van der Waals surface area contributed by atoms with Crippen LogP contribution in [0.3, 0.4) is 0 Å². The van der Waals surface area contributed by atoms with Gasteiger partial charge in [0.25, 0.3) is 0 Å². The number of carboxylic acids is 1. The molecule has 2 N–H and O–H groups in total. The zero-order chi connectivity index (χ0) is 16.0. The van der Waals surface area contributed by atoms with Crippen LogP contribution in [0.4, 0.5) is 0 Å². The Morgan fingerprint density at radius 1 is 1.29 bits per heavy atom. The first-order valence-corrected chi connectivity index (χ1v) is 7.06. The fraction of sp³-hybridized carbons (Fsp3) is 0.500. The van der Waals surface area contributed by atoms with E-state index in [-0.39, 0.29) is 12.3 Å². The van der Waals surface area contributed by atoms with Crippen LogP contribution >= 0.6 is 0 Å². The number of hydrogen-bond acceptors (Lipinski definition) is 3. The minimum absolute atomic E-state index is 0.131. The van der Waals surface area contributed by atoms with Crippen molar-refractivity contribution < 1.29 is 19.4 Å². The molecule has 0 heterocycles. The van der Waals surface area contributed by atoms with Crippen LogP contribution in [0, 0.1) is 6.92 Å². The number of rotatable bonds is 7. The van der Waals surface area contributed by atoms with Gasteiger partial charge in [0.05, 0.1) is 13.5 Å². The zero-order valence-corrected chi connectivity index (χ0v) is 13.0. The molecule has 1 amide bonds. The molecule has 1 aromatic rings. The summed E-state index contributed by atoms with van der Waals surface area (Å²) in [5.74, 6) is -0.579. The van der Waals surface area contributed by atoms with Gasteiger partial charge >= 0.3 is 5.97 Å². The average molecular weight is 293 g/mol. The molecule has 0 aliphatic carbocycles. The molecule has 0 saturated heterocycles. The van der Waals surface area contributed by atoms with Crippen LogP contribution in [0.5, 0.6) is 5.75 Å². The van der Waals surface area contributed by atoms with E-state index in [1.165, 1.54) is 0 Å². The SMILES string of the molecule is CCC(CC)(NC(=O)Cc1ccc(C)c(OC)c1)C(=O)O. The van der Waals surface area contributed by atoms with Gasteiger partial charge in [-0.3, -0.25) is 4.79 Å². The lowest BCUT2D eigenvalue weighted by Crippen LogP contribution is -2.54. The predicted molar refractivity (Wildman–Crippen MR) is 80.5 cm³/mol. The van der Waals surface area contributed by atoms with Gasteiger partial charge in [-0.1, -0.05) is 26.0 Å². The number of carboxylic acid groups (broad SMARTS) is 1. The van der Waals surface area contributed by atoms with E-state index in [0.29, 0.717) is 12.8 Å². The molecule has 0 aromatic heterocycles. The van der Waals surface area contributed by atoms with Crippen molar-refractivity contribution in [2.24, 2.45) is 0 Å². The second kappa shape index (κ2) is 7.11. The van der Waals surface area contributed by atoms with Crippen LogP contribution in [0.15, 0.2) is 18.2 Å². The van der Waals surface area contributed by atoms with Gasteiger partial charge in [-0.05, 0) is 37.0 Å². The Labute approximate surface area is 125 Å². The molecule has 0 unspecified atom stereocenters. The van der Waals surface area contributed by atoms with E-state index in [0.717, 1.165) is 16.9 Å². The Hall–Kier alpha value is -2.04. The van der Waals surface area contributed by atoms with Crippen LogP contribution in [0.2, 0.25) is 0 Å². The van der Waals surface area contributed by atoms with Gasteiger partial charge < -0.3 is 15.2 Å². The zero-order valence-electron chi connectivity index (χ0n) is 13.0. The summed E-state index contributed by atoms with van der Waals surface area (Å²) >= 11 is 0. The molecule has 0 fully saturated rings. The second-order valence-corrected chi connectivity index (χ2v) is 5.12. The molecule has 21 heavy (non-hydrogen) atoms. The lowest BCUT2D eigenvalue weighted by atomic mass is 9.92. The molecule has 0 aliphatic rings. The van der Waals surface area contributed by atoms with Crippen LogP contribution in [0.25, 0.3) is 0 Å². The number of aryl methyl sites for hydroxylation is 1. The van der Waals surface area contributed by atoms with E-state index >= 15 is 0 Å². The highest BCUT2D eigenvalue weighted by Crippen LogP contribution is 2.20. The van der Waals surface area contributed by atoms with Crippen molar-refractivity contribution in [1.29, 1.82) is 0 Å². The summed E-state index contributed by atoms with van der Waals surface area (Å²) in [6.45, 7) is 5.44. The minimum Gasteiger partial charge on any atom is -0.496 e. The fourth-order valence-electron chi connectivity index (χ4n) is 2.25. The molecule has 0 atom stereocenters. The van der Waals surface area contributed by atoms with Gasteiger partial charge in [-0.15, -0.1) is 0 Å². The fourth-order valence-corrected chi connectivity index (χ4v) is 2.25. The first-order chi connectivity index (χ1) is 9.88. The number of methoxy groups -OCH3 is 1. The smallest absolute Gasteiger partial charge is 0.329 e. The van der Waals surface area contributed by atoms with Crippen LogP contribution in [0.1, 0.15) is 37.8 Å². The molecular formula is C16H23NO4. The molecule has 0 spiro atoms.